The summed E-state index contributed by atoms with van der Waals surface area (Å²) in [5, 5.41) is 24.5. The minimum Gasteiger partial charge on any atom is -0.497 e. The predicted octanol–water partition coefficient (Wildman–Crippen LogP) is 3.96. The Morgan fingerprint density at radius 2 is 2.00 bits per heavy atom. The molecule has 4 rings (SSSR count). The van der Waals surface area contributed by atoms with E-state index in [1.54, 1.807) is 25.4 Å². The van der Waals surface area contributed by atoms with Crippen molar-refractivity contribution in [3.05, 3.63) is 88.0 Å². The van der Waals surface area contributed by atoms with Crippen LogP contribution in [0.1, 0.15) is 23.0 Å². The highest BCUT2D eigenvalue weighted by Crippen LogP contribution is 2.29. The van der Waals surface area contributed by atoms with Crippen molar-refractivity contribution in [2.24, 2.45) is 7.05 Å². The number of imidazole rings is 1. The summed E-state index contributed by atoms with van der Waals surface area (Å²) in [4.78, 5) is 19.6. The molecule has 31 heavy (non-hydrogen) atoms. The van der Waals surface area contributed by atoms with Crippen LogP contribution in [0.15, 0.2) is 60.9 Å². The number of aromatic nitrogens is 3. The third-order valence-corrected chi connectivity index (χ3v) is 4.98. The summed E-state index contributed by atoms with van der Waals surface area (Å²) in [6, 6.07) is 15.2. The van der Waals surface area contributed by atoms with E-state index in [4.69, 9.17) is 4.74 Å². The van der Waals surface area contributed by atoms with Gasteiger partial charge in [-0.2, -0.15) is 5.26 Å². The molecule has 4 aromatic rings. The molecule has 2 aromatic heterocycles. The lowest BCUT2D eigenvalue weighted by atomic mass is 10.0. The van der Waals surface area contributed by atoms with Crippen LogP contribution in [0.5, 0.6) is 5.75 Å². The number of methoxy groups -OCH3 is 1. The molecule has 0 spiro atoms. The van der Waals surface area contributed by atoms with Crippen LogP contribution in [-0.2, 0) is 7.05 Å². The topological polar surface area (TPSA) is 119 Å². The molecule has 0 bridgehead atoms. The minimum absolute atomic E-state index is 0.0874. The molecule has 9 heteroatoms. The molecule has 2 aromatic carbocycles. The van der Waals surface area contributed by atoms with Crippen LogP contribution in [0.3, 0.4) is 0 Å². The van der Waals surface area contributed by atoms with Crippen molar-refractivity contribution >= 4 is 22.4 Å². The number of benzene rings is 2. The molecule has 9 nitrogen and oxygen atoms in total. The fourth-order valence-electron chi connectivity index (χ4n) is 3.39. The molecule has 0 fully saturated rings. The summed E-state index contributed by atoms with van der Waals surface area (Å²) >= 11 is 0. The van der Waals surface area contributed by atoms with Gasteiger partial charge in [-0.25, -0.2) is 9.97 Å². The van der Waals surface area contributed by atoms with Gasteiger partial charge in [0.2, 0.25) is 0 Å². The summed E-state index contributed by atoms with van der Waals surface area (Å²) in [7, 11) is 3.50. The largest absolute Gasteiger partial charge is 0.497 e. The third-order valence-electron chi connectivity index (χ3n) is 4.98. The molecular formula is C22H18N6O3. The Bertz CT molecular complexity index is 1310. The van der Waals surface area contributed by atoms with Crippen molar-refractivity contribution in [3.8, 4) is 11.8 Å². The van der Waals surface area contributed by atoms with Gasteiger partial charge in [-0.15, -0.1) is 0 Å². The standard InChI is InChI=1S/C22H18N6O3/c1-27-10-9-24-22(27)21(14-3-6-17(31-2)7-4-14)26-20-11-15(13-23)18-12-16(28(29)30)5-8-19(18)25-20/h3-12,21H,1-2H3,(H,25,26). The van der Waals surface area contributed by atoms with Crippen LogP contribution < -0.4 is 10.1 Å². The average Bonchev–Trinajstić information content (AvgIpc) is 3.22. The number of aryl methyl sites for hydroxylation is 1. The van der Waals surface area contributed by atoms with Gasteiger partial charge in [0.25, 0.3) is 5.69 Å². The van der Waals surface area contributed by atoms with Crippen LogP contribution in [0.4, 0.5) is 11.5 Å². The van der Waals surface area contributed by atoms with E-state index in [1.165, 1.54) is 12.1 Å². The van der Waals surface area contributed by atoms with E-state index in [-0.39, 0.29) is 11.7 Å². The SMILES string of the molecule is COc1ccc(C(Nc2cc(C#N)c3cc([N+](=O)[O-])ccc3n2)c2nccn2C)cc1. The average molecular weight is 414 g/mol. The number of pyridine rings is 1. The highest BCUT2D eigenvalue weighted by molar-refractivity contribution is 5.88. The van der Waals surface area contributed by atoms with Gasteiger partial charge in [0.15, 0.2) is 0 Å². The monoisotopic (exact) mass is 414 g/mol. The van der Waals surface area contributed by atoms with Gasteiger partial charge in [-0.1, -0.05) is 12.1 Å². The molecule has 1 N–H and O–H groups in total. The van der Waals surface area contributed by atoms with Crippen LogP contribution in [0.2, 0.25) is 0 Å². The highest BCUT2D eigenvalue weighted by Gasteiger charge is 2.20. The van der Waals surface area contributed by atoms with Gasteiger partial charge < -0.3 is 14.6 Å². The second-order valence-electron chi connectivity index (χ2n) is 6.87. The van der Waals surface area contributed by atoms with E-state index < -0.39 is 4.92 Å². The number of ether oxygens (including phenoxy) is 1. The fourth-order valence-corrected chi connectivity index (χ4v) is 3.39. The Balaban J connectivity index is 1.79. The van der Waals surface area contributed by atoms with E-state index in [9.17, 15) is 15.4 Å². The lowest BCUT2D eigenvalue weighted by Gasteiger charge is -2.20. The maximum absolute atomic E-state index is 11.1. The zero-order valence-electron chi connectivity index (χ0n) is 16.8. The molecule has 0 aliphatic heterocycles. The first kappa shape index (κ1) is 19.8. The van der Waals surface area contributed by atoms with E-state index >= 15 is 0 Å². The van der Waals surface area contributed by atoms with E-state index in [0.717, 1.165) is 17.1 Å². The van der Waals surface area contributed by atoms with Crippen molar-refractivity contribution in [1.82, 2.24) is 14.5 Å². The molecule has 154 valence electrons. The van der Waals surface area contributed by atoms with Crippen molar-refractivity contribution in [2.45, 2.75) is 6.04 Å². The summed E-state index contributed by atoms with van der Waals surface area (Å²) in [5.74, 6) is 1.95. The predicted molar refractivity (Wildman–Crippen MR) is 115 cm³/mol. The Labute approximate surface area is 177 Å². The Morgan fingerprint density at radius 1 is 1.23 bits per heavy atom. The number of nitrogens with one attached hydrogen (secondary N) is 1. The molecule has 0 saturated carbocycles. The third kappa shape index (κ3) is 3.86. The van der Waals surface area contributed by atoms with E-state index in [1.807, 2.05) is 42.1 Å². The molecule has 1 atom stereocenters. The number of non-ortho nitro benzene ring substituents is 1. The van der Waals surface area contributed by atoms with Gasteiger partial charge in [0.05, 0.1) is 29.2 Å². The lowest BCUT2D eigenvalue weighted by Crippen LogP contribution is -2.17. The number of anilines is 1. The van der Waals surface area contributed by atoms with Crippen LogP contribution in [0, 0.1) is 21.4 Å². The van der Waals surface area contributed by atoms with Gasteiger partial charge in [0.1, 0.15) is 23.4 Å². The Hall–Kier alpha value is -4.45. The zero-order chi connectivity index (χ0) is 22.0. The second-order valence-corrected chi connectivity index (χ2v) is 6.87. The lowest BCUT2D eigenvalue weighted by molar-refractivity contribution is -0.384. The normalized spacial score (nSPS) is 11.6. The summed E-state index contributed by atoms with van der Waals surface area (Å²) in [6.45, 7) is 0. The van der Waals surface area contributed by atoms with Crippen LogP contribution >= 0.6 is 0 Å². The minimum atomic E-state index is -0.493. The molecule has 0 saturated heterocycles. The number of nitro benzene ring substituents is 1. The first-order chi connectivity index (χ1) is 15.0. The van der Waals surface area contributed by atoms with Gasteiger partial charge >= 0.3 is 0 Å². The molecule has 0 aliphatic carbocycles. The smallest absolute Gasteiger partial charge is 0.270 e. The number of fused-ring (bicyclic) bond motifs is 1. The Kier molecular flexibility index (Phi) is 5.20. The molecular weight excluding hydrogens is 396 g/mol. The highest BCUT2D eigenvalue weighted by atomic mass is 16.6. The maximum Gasteiger partial charge on any atom is 0.270 e. The van der Waals surface area contributed by atoms with Crippen molar-refractivity contribution < 1.29 is 9.66 Å². The number of nitrogens with zero attached hydrogens (tertiary/aromatic N) is 5. The molecule has 0 radical (unpaired) electrons. The van der Waals surface area contributed by atoms with Crippen LogP contribution in [0.25, 0.3) is 10.9 Å². The number of nitro groups is 1. The number of nitriles is 1. The molecule has 0 amide bonds. The molecule has 1 unspecified atom stereocenters. The van der Waals surface area contributed by atoms with Crippen molar-refractivity contribution in [3.63, 3.8) is 0 Å². The molecule has 0 aliphatic rings. The van der Waals surface area contributed by atoms with Crippen LogP contribution in [-0.4, -0.2) is 26.6 Å². The first-order valence-electron chi connectivity index (χ1n) is 9.37. The van der Waals surface area contributed by atoms with Crippen molar-refractivity contribution in [1.29, 1.82) is 5.26 Å². The fraction of sp³-hybridized carbons (Fsp3) is 0.136. The summed E-state index contributed by atoms with van der Waals surface area (Å²) < 4.78 is 7.15. The van der Waals surface area contributed by atoms with Gasteiger partial charge in [0, 0.05) is 37.0 Å². The number of hydrogen-bond acceptors (Lipinski definition) is 7. The van der Waals surface area contributed by atoms with Gasteiger partial charge in [-0.3, -0.25) is 10.1 Å². The van der Waals surface area contributed by atoms with E-state index in [2.05, 4.69) is 21.4 Å². The Morgan fingerprint density at radius 3 is 2.61 bits per heavy atom. The maximum atomic E-state index is 11.1. The first-order valence-corrected chi connectivity index (χ1v) is 9.37. The van der Waals surface area contributed by atoms with Crippen molar-refractivity contribution in [2.75, 3.05) is 12.4 Å². The molecule has 2 heterocycles. The number of rotatable bonds is 6. The second kappa shape index (κ2) is 8.12. The number of hydrogen-bond donors (Lipinski definition) is 1. The van der Waals surface area contributed by atoms with E-state index in [0.29, 0.717) is 22.3 Å². The van der Waals surface area contributed by atoms with Gasteiger partial charge in [-0.05, 0) is 29.8 Å². The summed E-state index contributed by atoms with van der Waals surface area (Å²) in [6.07, 6.45) is 3.56. The quantitative estimate of drug-likeness (QED) is 0.375. The zero-order valence-corrected chi connectivity index (χ0v) is 16.8. The summed E-state index contributed by atoms with van der Waals surface area (Å²) in [5.41, 5.74) is 1.62.